The van der Waals surface area contributed by atoms with Gasteiger partial charge in [0, 0.05) is 12.4 Å². The van der Waals surface area contributed by atoms with Crippen LogP contribution >= 0.6 is 8.25 Å². The molecule has 0 radical (unpaired) electrons. The molecule has 0 bridgehead atoms. The van der Waals surface area contributed by atoms with Crippen molar-refractivity contribution >= 4 is 46.0 Å². The Morgan fingerprint density at radius 2 is 1.42 bits per heavy atom. The SMILES string of the molecule is O.O=[P+]([O-])[O-].[Ca+2].c1ccncc1. The van der Waals surface area contributed by atoms with Crippen LogP contribution in [-0.2, 0) is 4.57 Å². The first-order chi connectivity index (χ1) is 4.73. The molecule has 1 rings (SSSR count). The molecule has 0 aliphatic carbocycles. The topological polar surface area (TPSA) is 108 Å². The molecule has 0 atom stereocenters. The van der Waals surface area contributed by atoms with E-state index >= 15 is 0 Å². The number of aromatic nitrogens is 1. The summed E-state index contributed by atoms with van der Waals surface area (Å²) >= 11 is 0. The molecule has 2 N–H and O–H groups in total. The molecule has 5 nitrogen and oxygen atoms in total. The summed E-state index contributed by atoms with van der Waals surface area (Å²) in [7, 11) is -3.37. The molecule has 0 saturated carbocycles. The Morgan fingerprint density at radius 1 is 1.08 bits per heavy atom. The van der Waals surface area contributed by atoms with Crippen LogP contribution in [-0.4, -0.2) is 48.2 Å². The van der Waals surface area contributed by atoms with E-state index in [2.05, 4.69) is 4.98 Å². The monoisotopic (exact) mass is 216 g/mol. The molecule has 0 saturated heterocycles. The largest absolute Gasteiger partial charge is 2.00 e. The van der Waals surface area contributed by atoms with E-state index in [1.807, 2.05) is 18.2 Å². The molecule has 1 aromatic heterocycles. The van der Waals surface area contributed by atoms with Crippen LogP contribution in [0.1, 0.15) is 0 Å². The first kappa shape index (κ1) is 18.2. The van der Waals surface area contributed by atoms with Crippen LogP contribution in [0, 0.1) is 0 Å². The van der Waals surface area contributed by atoms with E-state index in [9.17, 15) is 0 Å². The van der Waals surface area contributed by atoms with Crippen LogP contribution in [0.4, 0.5) is 0 Å². The normalized spacial score (nSPS) is 6.17. The molecule has 12 heavy (non-hydrogen) atoms. The summed E-state index contributed by atoms with van der Waals surface area (Å²) in [5, 5.41) is 0. The molecule has 62 valence electrons. The third-order valence-electron chi connectivity index (χ3n) is 0.566. The molecule has 1 heterocycles. The van der Waals surface area contributed by atoms with Gasteiger partial charge in [-0.1, -0.05) is 10.6 Å². The number of rotatable bonds is 0. The molecular weight excluding hydrogens is 209 g/mol. The Balaban J connectivity index is -0.000000124. The Hall–Kier alpha value is 0.390. The number of hydrogen-bond acceptors (Lipinski definition) is 4. The van der Waals surface area contributed by atoms with Crippen molar-refractivity contribution in [1.82, 2.24) is 4.98 Å². The van der Waals surface area contributed by atoms with Crippen molar-refractivity contribution < 1.29 is 19.8 Å². The standard InChI is InChI=1S/C5H5N.Ca.HO3P.H2O/c1-2-4-6-5-3-1;;1-4(2)3;/h1-5H;;(H,1,2,3);1H2/q;+2;;/p-1. The minimum atomic E-state index is -3.37. The van der Waals surface area contributed by atoms with Crippen LogP contribution in [0.15, 0.2) is 30.6 Å². The molecular formula is C5H7CaNO4P+. The fourth-order valence-electron chi connectivity index (χ4n) is 0.313. The fraction of sp³-hybridized carbons (Fsp3) is 0. The van der Waals surface area contributed by atoms with Crippen molar-refractivity contribution in [3.05, 3.63) is 30.6 Å². The van der Waals surface area contributed by atoms with Crippen LogP contribution in [0.25, 0.3) is 0 Å². The zero-order chi connectivity index (χ0) is 7.82. The van der Waals surface area contributed by atoms with Gasteiger partial charge in [0.2, 0.25) is 0 Å². The summed E-state index contributed by atoms with van der Waals surface area (Å²) in [6.07, 6.45) is 3.50. The van der Waals surface area contributed by atoms with Gasteiger partial charge in [-0.2, -0.15) is 0 Å². The summed E-state index contributed by atoms with van der Waals surface area (Å²) in [5.74, 6) is 0. The van der Waals surface area contributed by atoms with E-state index in [1.54, 1.807) is 12.4 Å². The molecule has 0 aromatic carbocycles. The number of nitrogens with zero attached hydrogens (tertiary/aromatic N) is 1. The maximum absolute atomic E-state index is 8.48. The van der Waals surface area contributed by atoms with Crippen LogP contribution in [0.2, 0.25) is 0 Å². The summed E-state index contributed by atoms with van der Waals surface area (Å²) in [4.78, 5) is 20.7. The van der Waals surface area contributed by atoms with Gasteiger partial charge in [-0.3, -0.25) is 4.98 Å². The van der Waals surface area contributed by atoms with Crippen molar-refractivity contribution in [2.24, 2.45) is 0 Å². The zero-order valence-electron chi connectivity index (χ0n) is 6.21. The van der Waals surface area contributed by atoms with Crippen molar-refractivity contribution in [2.75, 3.05) is 0 Å². The summed E-state index contributed by atoms with van der Waals surface area (Å²) in [6, 6.07) is 5.72. The predicted octanol–water partition coefficient (Wildman–Crippen LogP) is -1.76. The van der Waals surface area contributed by atoms with E-state index in [4.69, 9.17) is 14.4 Å². The summed E-state index contributed by atoms with van der Waals surface area (Å²) in [6.45, 7) is 0. The quantitative estimate of drug-likeness (QED) is 0.378. The summed E-state index contributed by atoms with van der Waals surface area (Å²) < 4.78 is 8.48. The van der Waals surface area contributed by atoms with E-state index < -0.39 is 8.25 Å². The van der Waals surface area contributed by atoms with Gasteiger partial charge < -0.3 is 15.3 Å². The number of hydrogen-bond donors (Lipinski definition) is 0. The molecule has 1 aromatic rings. The smallest absolute Gasteiger partial charge is 0.598 e. The maximum Gasteiger partial charge on any atom is 2.00 e. The van der Waals surface area contributed by atoms with Crippen molar-refractivity contribution in [2.45, 2.75) is 0 Å². The molecule has 0 unspecified atom stereocenters. The van der Waals surface area contributed by atoms with Gasteiger partial charge in [-0.25, -0.2) is 0 Å². The molecule has 7 heteroatoms. The van der Waals surface area contributed by atoms with E-state index in [0.717, 1.165) is 0 Å². The molecule has 0 aliphatic heterocycles. The van der Waals surface area contributed by atoms with Crippen LogP contribution in [0.5, 0.6) is 0 Å². The Morgan fingerprint density at radius 3 is 1.50 bits per heavy atom. The molecule has 0 spiro atoms. The van der Waals surface area contributed by atoms with Gasteiger partial charge in [-0.05, 0) is 12.1 Å². The van der Waals surface area contributed by atoms with E-state index in [0.29, 0.717) is 0 Å². The van der Waals surface area contributed by atoms with Crippen molar-refractivity contribution in [1.29, 1.82) is 0 Å². The van der Waals surface area contributed by atoms with Gasteiger partial charge >= 0.3 is 37.7 Å². The van der Waals surface area contributed by atoms with Crippen LogP contribution < -0.4 is 9.79 Å². The van der Waals surface area contributed by atoms with Crippen molar-refractivity contribution in [3.63, 3.8) is 0 Å². The Bertz CT molecular complexity index is 155. The summed E-state index contributed by atoms with van der Waals surface area (Å²) in [5.41, 5.74) is 0. The third kappa shape index (κ3) is 22.4. The maximum atomic E-state index is 8.48. The second kappa shape index (κ2) is 13.9. The van der Waals surface area contributed by atoms with Gasteiger partial charge in [0.1, 0.15) is 0 Å². The molecule has 0 fully saturated rings. The first-order valence-electron chi connectivity index (χ1n) is 2.40. The average Bonchev–Trinajstić information content (AvgIpc) is 1.90. The minimum Gasteiger partial charge on any atom is -0.598 e. The zero-order valence-corrected chi connectivity index (χ0v) is 9.32. The van der Waals surface area contributed by atoms with E-state index in [1.165, 1.54) is 0 Å². The average molecular weight is 216 g/mol. The van der Waals surface area contributed by atoms with Gasteiger partial charge in [0.15, 0.2) is 0 Å². The Kier molecular flexibility index (Phi) is 21.2. The molecule has 0 amide bonds. The van der Waals surface area contributed by atoms with Gasteiger partial charge in [-0.15, -0.1) is 0 Å². The van der Waals surface area contributed by atoms with Crippen LogP contribution in [0.3, 0.4) is 0 Å². The molecule has 0 aliphatic rings. The van der Waals surface area contributed by atoms with Crippen molar-refractivity contribution in [3.8, 4) is 0 Å². The predicted molar refractivity (Wildman–Crippen MR) is 41.2 cm³/mol. The van der Waals surface area contributed by atoms with Gasteiger partial charge in [0.05, 0.1) is 0 Å². The number of pyridine rings is 1. The first-order valence-corrected chi connectivity index (χ1v) is 3.49. The third-order valence-corrected chi connectivity index (χ3v) is 0.566. The van der Waals surface area contributed by atoms with Gasteiger partial charge in [0.25, 0.3) is 8.25 Å². The second-order valence-corrected chi connectivity index (χ2v) is 1.70. The Labute approximate surface area is 101 Å². The van der Waals surface area contributed by atoms with E-state index in [-0.39, 0.29) is 43.2 Å². The minimum absolute atomic E-state index is 0. The fourth-order valence-corrected chi connectivity index (χ4v) is 0.313. The second-order valence-electron chi connectivity index (χ2n) is 1.25.